The van der Waals surface area contributed by atoms with Crippen LogP contribution in [0.4, 0.5) is 5.13 Å². The second kappa shape index (κ2) is 5.80. The highest BCUT2D eigenvalue weighted by molar-refractivity contribution is 9.10. The van der Waals surface area contributed by atoms with Gasteiger partial charge in [0.1, 0.15) is 4.90 Å². The Balaban J connectivity index is 2.40. The van der Waals surface area contributed by atoms with Crippen molar-refractivity contribution < 1.29 is 13.5 Å². The molecule has 20 heavy (non-hydrogen) atoms. The minimum atomic E-state index is -3.74. The maximum Gasteiger partial charge on any atom is 0.264 e. The Bertz CT molecular complexity index is 722. The summed E-state index contributed by atoms with van der Waals surface area (Å²) in [6.07, 6.45) is 0. The summed E-state index contributed by atoms with van der Waals surface area (Å²) in [6, 6.07) is 4.68. The number of anilines is 1. The number of nitrogens with zero attached hydrogens (tertiary/aromatic N) is 1. The summed E-state index contributed by atoms with van der Waals surface area (Å²) in [5.74, 6) is 0. The van der Waals surface area contributed by atoms with Crippen molar-refractivity contribution in [1.82, 2.24) is 4.98 Å². The molecule has 0 atom stereocenters. The highest BCUT2D eigenvalue weighted by Crippen LogP contribution is 2.28. The van der Waals surface area contributed by atoms with E-state index < -0.39 is 10.0 Å². The van der Waals surface area contributed by atoms with Gasteiger partial charge < -0.3 is 5.11 Å². The second-order valence-electron chi connectivity index (χ2n) is 4.19. The monoisotopic (exact) mass is 376 g/mol. The molecule has 8 heteroatoms. The molecule has 0 radical (unpaired) electrons. The number of benzene rings is 1. The molecule has 108 valence electrons. The third kappa shape index (κ3) is 3.20. The smallest absolute Gasteiger partial charge is 0.264 e. The van der Waals surface area contributed by atoms with Crippen LogP contribution in [0.3, 0.4) is 0 Å². The molecule has 0 bridgehead atoms. The van der Waals surface area contributed by atoms with E-state index in [-0.39, 0.29) is 11.5 Å². The zero-order valence-electron chi connectivity index (χ0n) is 10.8. The number of halogens is 1. The number of thiazole rings is 1. The molecule has 1 aromatic heterocycles. The van der Waals surface area contributed by atoms with Crippen LogP contribution in [0, 0.1) is 13.8 Å². The van der Waals surface area contributed by atoms with Gasteiger partial charge in [0, 0.05) is 9.35 Å². The van der Waals surface area contributed by atoms with E-state index in [9.17, 15) is 8.42 Å². The summed E-state index contributed by atoms with van der Waals surface area (Å²) in [7, 11) is -3.74. The van der Waals surface area contributed by atoms with Gasteiger partial charge in [0.2, 0.25) is 0 Å². The largest absolute Gasteiger partial charge is 0.392 e. The van der Waals surface area contributed by atoms with Gasteiger partial charge in [-0.15, -0.1) is 11.3 Å². The molecule has 1 heterocycles. The Labute approximate surface area is 129 Å². The van der Waals surface area contributed by atoms with Crippen LogP contribution >= 0.6 is 27.3 Å². The first kappa shape index (κ1) is 15.4. The third-order valence-corrected chi connectivity index (χ3v) is 6.17. The highest BCUT2D eigenvalue weighted by atomic mass is 79.9. The maximum absolute atomic E-state index is 12.4. The quantitative estimate of drug-likeness (QED) is 0.859. The SMILES string of the molecule is Cc1nc(NS(=O)(=O)c2cc(CO)ccc2Br)sc1C. The number of aromatic nitrogens is 1. The molecule has 0 saturated carbocycles. The van der Waals surface area contributed by atoms with Gasteiger partial charge in [-0.2, -0.15) is 0 Å². The van der Waals surface area contributed by atoms with E-state index in [0.717, 1.165) is 10.6 Å². The molecule has 0 amide bonds. The number of aliphatic hydroxyl groups excluding tert-OH is 1. The van der Waals surface area contributed by atoms with E-state index in [2.05, 4.69) is 25.6 Å². The van der Waals surface area contributed by atoms with Crippen molar-refractivity contribution in [3.8, 4) is 0 Å². The molecule has 2 N–H and O–H groups in total. The Morgan fingerprint density at radius 1 is 1.40 bits per heavy atom. The number of hydrogen-bond acceptors (Lipinski definition) is 5. The lowest BCUT2D eigenvalue weighted by molar-refractivity contribution is 0.281. The number of sulfonamides is 1. The van der Waals surface area contributed by atoms with Crippen molar-refractivity contribution in [2.75, 3.05) is 4.72 Å². The number of rotatable bonds is 4. The second-order valence-corrected chi connectivity index (χ2v) is 7.90. The van der Waals surface area contributed by atoms with Crippen molar-refractivity contribution in [2.45, 2.75) is 25.3 Å². The van der Waals surface area contributed by atoms with E-state index in [1.165, 1.54) is 17.4 Å². The molecule has 0 aliphatic heterocycles. The van der Waals surface area contributed by atoms with Gasteiger partial charge in [0.15, 0.2) is 5.13 Å². The summed E-state index contributed by atoms with van der Waals surface area (Å²) < 4.78 is 27.6. The number of nitrogens with one attached hydrogen (secondary N) is 1. The molecular weight excluding hydrogens is 364 g/mol. The van der Waals surface area contributed by atoms with E-state index in [4.69, 9.17) is 5.11 Å². The molecule has 0 spiro atoms. The van der Waals surface area contributed by atoms with Crippen LogP contribution in [-0.4, -0.2) is 18.5 Å². The Hall–Kier alpha value is -0.960. The van der Waals surface area contributed by atoms with Gasteiger partial charge in [-0.25, -0.2) is 13.4 Å². The van der Waals surface area contributed by atoms with Gasteiger partial charge in [0.05, 0.1) is 12.3 Å². The van der Waals surface area contributed by atoms with Gasteiger partial charge in [-0.3, -0.25) is 4.72 Å². The lowest BCUT2D eigenvalue weighted by atomic mass is 10.2. The Kier molecular flexibility index (Phi) is 4.48. The molecular formula is C12H13BrN2O3S2. The summed E-state index contributed by atoms with van der Waals surface area (Å²) in [6.45, 7) is 3.49. The summed E-state index contributed by atoms with van der Waals surface area (Å²) in [4.78, 5) is 5.20. The van der Waals surface area contributed by atoms with Crippen molar-refractivity contribution >= 4 is 42.4 Å². The van der Waals surface area contributed by atoms with Gasteiger partial charge in [0.25, 0.3) is 10.0 Å². The van der Waals surface area contributed by atoms with Crippen LogP contribution in [0.25, 0.3) is 0 Å². The predicted molar refractivity (Wildman–Crippen MR) is 82.5 cm³/mol. The standard InChI is InChI=1S/C12H13BrN2O3S2/c1-7-8(2)19-12(14-7)15-20(17,18)11-5-9(6-16)3-4-10(11)13/h3-5,16H,6H2,1-2H3,(H,14,15). The average molecular weight is 377 g/mol. The molecule has 5 nitrogen and oxygen atoms in total. The van der Waals surface area contributed by atoms with Crippen LogP contribution < -0.4 is 4.72 Å². The normalized spacial score (nSPS) is 11.6. The summed E-state index contributed by atoms with van der Waals surface area (Å²) in [5, 5.41) is 9.44. The molecule has 0 aliphatic rings. The van der Waals surface area contributed by atoms with Gasteiger partial charge in [-0.05, 0) is 47.5 Å². The first-order valence-corrected chi connectivity index (χ1v) is 8.79. The van der Waals surface area contributed by atoms with Crippen LogP contribution in [0.15, 0.2) is 27.6 Å². The van der Waals surface area contributed by atoms with Crippen LogP contribution in [0.1, 0.15) is 16.1 Å². The molecule has 0 saturated heterocycles. The van der Waals surface area contributed by atoms with Crippen molar-refractivity contribution in [2.24, 2.45) is 0 Å². The summed E-state index contributed by atoms with van der Waals surface area (Å²) >= 11 is 4.50. The van der Waals surface area contributed by atoms with Crippen molar-refractivity contribution in [3.63, 3.8) is 0 Å². The lowest BCUT2D eigenvalue weighted by Crippen LogP contribution is -2.13. The first-order chi connectivity index (χ1) is 9.33. The van der Waals surface area contributed by atoms with E-state index in [1.807, 2.05) is 13.8 Å². The van der Waals surface area contributed by atoms with Crippen molar-refractivity contribution in [1.29, 1.82) is 0 Å². The topological polar surface area (TPSA) is 79.3 Å². The van der Waals surface area contributed by atoms with Gasteiger partial charge in [-0.1, -0.05) is 6.07 Å². The zero-order chi connectivity index (χ0) is 14.9. The number of aliphatic hydroxyl groups is 1. The zero-order valence-corrected chi connectivity index (χ0v) is 14.1. The van der Waals surface area contributed by atoms with Crippen molar-refractivity contribution in [3.05, 3.63) is 38.8 Å². The van der Waals surface area contributed by atoms with E-state index in [1.54, 1.807) is 12.1 Å². The molecule has 0 unspecified atom stereocenters. The fourth-order valence-corrected chi connectivity index (χ4v) is 4.60. The minimum absolute atomic E-state index is 0.0783. The predicted octanol–water partition coefficient (Wildman–Crippen LogP) is 2.82. The maximum atomic E-state index is 12.4. The lowest BCUT2D eigenvalue weighted by Gasteiger charge is -2.08. The minimum Gasteiger partial charge on any atom is -0.392 e. The molecule has 0 aliphatic carbocycles. The Morgan fingerprint density at radius 3 is 2.65 bits per heavy atom. The highest BCUT2D eigenvalue weighted by Gasteiger charge is 2.20. The average Bonchev–Trinajstić information content (AvgIpc) is 2.67. The van der Waals surface area contributed by atoms with Crippen LogP contribution in [0.5, 0.6) is 0 Å². The summed E-state index contributed by atoms with van der Waals surface area (Å²) in [5.41, 5.74) is 1.33. The first-order valence-electron chi connectivity index (χ1n) is 5.69. The fraction of sp³-hybridized carbons (Fsp3) is 0.250. The number of hydrogen-bond donors (Lipinski definition) is 2. The van der Waals surface area contributed by atoms with E-state index >= 15 is 0 Å². The van der Waals surface area contributed by atoms with Crippen LogP contribution in [-0.2, 0) is 16.6 Å². The molecule has 0 fully saturated rings. The third-order valence-electron chi connectivity index (χ3n) is 2.72. The fourth-order valence-electron chi connectivity index (χ4n) is 1.54. The molecule has 1 aromatic carbocycles. The molecule has 2 rings (SSSR count). The Morgan fingerprint density at radius 2 is 2.10 bits per heavy atom. The van der Waals surface area contributed by atoms with Crippen LogP contribution in [0.2, 0.25) is 0 Å². The number of aryl methyl sites for hydroxylation is 2. The molecule has 2 aromatic rings. The van der Waals surface area contributed by atoms with E-state index in [0.29, 0.717) is 15.2 Å². The van der Waals surface area contributed by atoms with Gasteiger partial charge >= 0.3 is 0 Å².